The van der Waals surface area contributed by atoms with Crippen molar-refractivity contribution >= 4 is 40.5 Å². The van der Waals surface area contributed by atoms with Gasteiger partial charge in [-0.05, 0) is 60.5 Å². The molecular formula is C23H15Cl2N3. The predicted molar refractivity (Wildman–Crippen MR) is 115 cm³/mol. The summed E-state index contributed by atoms with van der Waals surface area (Å²) in [5, 5.41) is 11.0. The summed E-state index contributed by atoms with van der Waals surface area (Å²) in [6, 6.07) is 21.1. The third kappa shape index (κ3) is 3.53. The number of rotatable bonds is 3. The first kappa shape index (κ1) is 18.3. The minimum Gasteiger partial charge on any atom is -0.300 e. The van der Waals surface area contributed by atoms with Crippen molar-refractivity contribution in [3.63, 3.8) is 0 Å². The van der Waals surface area contributed by atoms with E-state index in [1.165, 1.54) is 0 Å². The number of nitriles is 1. The zero-order chi connectivity index (χ0) is 19.7. The zero-order valence-electron chi connectivity index (χ0n) is 15.0. The summed E-state index contributed by atoms with van der Waals surface area (Å²) in [4.78, 5) is 4.81. The van der Waals surface area contributed by atoms with E-state index >= 15 is 0 Å². The molecule has 28 heavy (non-hydrogen) atoms. The number of aromatic nitrogens is 2. The summed E-state index contributed by atoms with van der Waals surface area (Å²) in [7, 11) is 0. The number of halogens is 2. The summed E-state index contributed by atoms with van der Waals surface area (Å²) in [5.41, 5.74) is 5.76. The Kier molecular flexibility index (Phi) is 4.92. The van der Waals surface area contributed by atoms with E-state index in [4.69, 9.17) is 28.2 Å². The molecule has 0 atom stereocenters. The van der Waals surface area contributed by atoms with Crippen molar-refractivity contribution in [1.29, 1.82) is 5.26 Å². The number of benzene rings is 2. The van der Waals surface area contributed by atoms with Gasteiger partial charge in [0.05, 0.1) is 23.0 Å². The quantitative estimate of drug-likeness (QED) is 0.357. The van der Waals surface area contributed by atoms with E-state index in [9.17, 15) is 5.26 Å². The molecule has 0 fully saturated rings. The average molecular weight is 404 g/mol. The van der Waals surface area contributed by atoms with Gasteiger partial charge in [-0.2, -0.15) is 5.26 Å². The first-order valence-corrected chi connectivity index (χ1v) is 9.43. The number of imidazole rings is 1. The number of pyridine rings is 1. The molecular weight excluding hydrogens is 389 g/mol. The Morgan fingerprint density at radius 3 is 2.54 bits per heavy atom. The first-order valence-electron chi connectivity index (χ1n) is 8.67. The summed E-state index contributed by atoms with van der Waals surface area (Å²) >= 11 is 12.2. The molecule has 2 aromatic carbocycles. The standard InChI is InChI=1S/C23H15Cl2N3/c1-15-9-10-28-21(13-18(14-26)17-3-2-4-20(25)12-17)23(27-22(28)11-15)16-5-7-19(24)8-6-16/h2-13H,1H3. The Hall–Kier alpha value is -3.06. The second kappa shape index (κ2) is 7.52. The Bertz CT molecular complexity index is 1250. The van der Waals surface area contributed by atoms with Crippen LogP contribution in [0.2, 0.25) is 10.0 Å². The van der Waals surface area contributed by atoms with Crippen molar-refractivity contribution in [2.75, 3.05) is 0 Å². The molecule has 4 aromatic rings. The molecule has 0 aliphatic heterocycles. The molecule has 0 aliphatic carbocycles. The summed E-state index contributed by atoms with van der Waals surface area (Å²) in [6.07, 6.45) is 3.82. The third-order valence-corrected chi connectivity index (χ3v) is 4.96. The van der Waals surface area contributed by atoms with E-state index in [1.807, 2.05) is 72.1 Å². The van der Waals surface area contributed by atoms with Crippen molar-refractivity contribution in [3.05, 3.63) is 93.7 Å². The zero-order valence-corrected chi connectivity index (χ0v) is 16.5. The molecule has 0 saturated heterocycles. The van der Waals surface area contributed by atoms with Gasteiger partial charge in [0.2, 0.25) is 0 Å². The fourth-order valence-electron chi connectivity index (χ4n) is 3.10. The molecule has 0 bridgehead atoms. The van der Waals surface area contributed by atoms with Gasteiger partial charge < -0.3 is 0 Å². The first-order chi connectivity index (χ1) is 13.5. The molecule has 0 N–H and O–H groups in total. The maximum absolute atomic E-state index is 9.77. The second-order valence-electron chi connectivity index (χ2n) is 6.47. The molecule has 2 aromatic heterocycles. The summed E-state index contributed by atoms with van der Waals surface area (Å²) in [5.74, 6) is 0. The monoisotopic (exact) mass is 403 g/mol. The van der Waals surface area contributed by atoms with Crippen molar-refractivity contribution in [1.82, 2.24) is 9.38 Å². The van der Waals surface area contributed by atoms with Crippen molar-refractivity contribution in [2.24, 2.45) is 0 Å². The van der Waals surface area contributed by atoms with Gasteiger partial charge >= 0.3 is 0 Å². The van der Waals surface area contributed by atoms with Crippen molar-refractivity contribution in [3.8, 4) is 17.3 Å². The van der Waals surface area contributed by atoms with Gasteiger partial charge in [0.1, 0.15) is 5.65 Å². The molecule has 0 amide bonds. The molecule has 0 spiro atoms. The van der Waals surface area contributed by atoms with Crippen LogP contribution >= 0.6 is 23.2 Å². The topological polar surface area (TPSA) is 41.1 Å². The van der Waals surface area contributed by atoms with Crippen LogP contribution in [0.1, 0.15) is 16.8 Å². The fourth-order valence-corrected chi connectivity index (χ4v) is 3.41. The van der Waals surface area contributed by atoms with Crippen molar-refractivity contribution in [2.45, 2.75) is 6.92 Å². The lowest BCUT2D eigenvalue weighted by molar-refractivity contribution is 1.15. The average Bonchev–Trinajstić information content (AvgIpc) is 3.04. The van der Waals surface area contributed by atoms with E-state index in [-0.39, 0.29) is 0 Å². The predicted octanol–water partition coefficient (Wildman–Crippen LogP) is 6.68. The SMILES string of the molecule is Cc1ccn2c(C=C(C#N)c3cccc(Cl)c3)c(-c3ccc(Cl)cc3)nc2c1. The van der Waals surface area contributed by atoms with Gasteiger partial charge in [-0.1, -0.05) is 47.5 Å². The molecule has 0 unspecified atom stereocenters. The van der Waals surface area contributed by atoms with E-state index in [0.29, 0.717) is 15.6 Å². The Balaban J connectivity index is 1.97. The maximum Gasteiger partial charge on any atom is 0.138 e. The third-order valence-electron chi connectivity index (χ3n) is 4.47. The highest BCUT2D eigenvalue weighted by Gasteiger charge is 2.14. The van der Waals surface area contributed by atoms with E-state index in [0.717, 1.165) is 33.7 Å². The van der Waals surface area contributed by atoms with E-state index in [2.05, 4.69) is 6.07 Å². The van der Waals surface area contributed by atoms with Gasteiger partial charge in [0.15, 0.2) is 0 Å². The molecule has 3 nitrogen and oxygen atoms in total. The molecule has 5 heteroatoms. The Morgan fingerprint density at radius 1 is 1.04 bits per heavy atom. The van der Waals surface area contributed by atoms with Gasteiger partial charge in [-0.15, -0.1) is 0 Å². The Morgan fingerprint density at radius 2 is 1.82 bits per heavy atom. The van der Waals surface area contributed by atoms with Crippen LogP contribution in [-0.4, -0.2) is 9.38 Å². The number of hydrogen-bond donors (Lipinski definition) is 0. The van der Waals surface area contributed by atoms with Gasteiger partial charge in [-0.3, -0.25) is 4.40 Å². The highest BCUT2D eigenvalue weighted by atomic mass is 35.5. The van der Waals surface area contributed by atoms with Gasteiger partial charge in [-0.25, -0.2) is 4.98 Å². The van der Waals surface area contributed by atoms with Crippen LogP contribution in [0.25, 0.3) is 28.6 Å². The number of hydrogen-bond acceptors (Lipinski definition) is 2. The van der Waals surface area contributed by atoms with Crippen molar-refractivity contribution < 1.29 is 0 Å². The number of nitrogens with zero attached hydrogens (tertiary/aromatic N) is 3. The van der Waals surface area contributed by atoms with Crippen LogP contribution in [-0.2, 0) is 0 Å². The molecule has 4 rings (SSSR count). The lowest BCUT2D eigenvalue weighted by atomic mass is 10.0. The van der Waals surface area contributed by atoms with Crippen LogP contribution in [0.5, 0.6) is 0 Å². The lowest BCUT2D eigenvalue weighted by Crippen LogP contribution is -1.91. The fraction of sp³-hybridized carbons (Fsp3) is 0.0435. The molecule has 136 valence electrons. The minimum atomic E-state index is 0.514. The molecule has 0 saturated carbocycles. The van der Waals surface area contributed by atoms with Crippen LogP contribution in [0, 0.1) is 18.3 Å². The molecule has 0 aliphatic rings. The number of allylic oxidation sites excluding steroid dienone is 1. The normalized spacial score (nSPS) is 11.6. The van der Waals surface area contributed by atoms with Crippen LogP contribution in [0.4, 0.5) is 0 Å². The highest BCUT2D eigenvalue weighted by Crippen LogP contribution is 2.30. The molecule has 0 radical (unpaired) electrons. The smallest absolute Gasteiger partial charge is 0.138 e. The largest absolute Gasteiger partial charge is 0.300 e. The van der Waals surface area contributed by atoms with Gasteiger partial charge in [0, 0.05) is 21.8 Å². The Labute approximate surface area is 173 Å². The highest BCUT2D eigenvalue weighted by molar-refractivity contribution is 6.31. The van der Waals surface area contributed by atoms with E-state index < -0.39 is 0 Å². The summed E-state index contributed by atoms with van der Waals surface area (Å²) < 4.78 is 1.98. The van der Waals surface area contributed by atoms with Gasteiger partial charge in [0.25, 0.3) is 0 Å². The maximum atomic E-state index is 9.77. The lowest BCUT2D eigenvalue weighted by Gasteiger charge is -2.04. The van der Waals surface area contributed by atoms with Crippen LogP contribution in [0.3, 0.4) is 0 Å². The van der Waals surface area contributed by atoms with E-state index in [1.54, 1.807) is 12.1 Å². The summed E-state index contributed by atoms with van der Waals surface area (Å²) in [6.45, 7) is 2.03. The molecule has 2 heterocycles. The second-order valence-corrected chi connectivity index (χ2v) is 7.34. The number of aryl methyl sites for hydroxylation is 1. The van der Waals surface area contributed by atoms with Crippen LogP contribution < -0.4 is 0 Å². The van der Waals surface area contributed by atoms with Crippen LogP contribution in [0.15, 0.2) is 66.9 Å². The minimum absolute atomic E-state index is 0.514. The number of fused-ring (bicyclic) bond motifs is 1.